The Hall–Kier alpha value is -1.96. The summed E-state index contributed by atoms with van der Waals surface area (Å²) in [5.74, 6) is -3.22. The maximum atomic E-state index is 11.7. The van der Waals surface area contributed by atoms with Gasteiger partial charge in [0.2, 0.25) is 0 Å². The normalized spacial score (nSPS) is 14.5. The maximum absolute atomic E-state index is 11.7. The van der Waals surface area contributed by atoms with Gasteiger partial charge in [-0.15, -0.1) is 0 Å². The van der Waals surface area contributed by atoms with Crippen LogP contribution in [0.2, 0.25) is 0 Å². The third kappa shape index (κ3) is 4.77. The minimum atomic E-state index is -1.71. The quantitative estimate of drug-likeness (QED) is 0.208. The third-order valence-electron chi connectivity index (χ3n) is 3.48. The Balaban J connectivity index is 3.04. The number of ether oxygens (including phenoxy) is 2. The number of aliphatic hydroxyl groups excluding tert-OH is 1. The van der Waals surface area contributed by atoms with Crippen molar-refractivity contribution in [1.29, 1.82) is 0 Å². The summed E-state index contributed by atoms with van der Waals surface area (Å²) in [5, 5.41) is 22.0. The number of nitrogens with zero attached hydrogens (tertiary/aromatic N) is 1. The third-order valence-corrected chi connectivity index (χ3v) is 6.30. The molecule has 2 unspecified atom stereocenters. The zero-order valence-electron chi connectivity index (χ0n) is 13.5. The predicted octanol–water partition coefficient (Wildman–Crippen LogP) is -0.278. The van der Waals surface area contributed by atoms with Crippen molar-refractivity contribution >= 4 is 31.4 Å². The molecule has 9 heteroatoms. The summed E-state index contributed by atoms with van der Waals surface area (Å²) in [6.45, 7) is 1.30. The zero-order valence-corrected chi connectivity index (χ0v) is 15.2. The van der Waals surface area contributed by atoms with Gasteiger partial charge < -0.3 is 0 Å². The number of aliphatic hydroxyl groups is 1. The van der Waals surface area contributed by atoms with E-state index in [-0.39, 0.29) is 0 Å². The molecule has 0 fully saturated rings. The van der Waals surface area contributed by atoms with Crippen LogP contribution in [0.4, 0.5) is 0 Å². The Kier molecular flexibility index (Phi) is 7.34. The van der Waals surface area contributed by atoms with Crippen LogP contribution in [-0.2, 0) is 19.1 Å². The van der Waals surface area contributed by atoms with E-state index in [1.807, 2.05) is 0 Å². The molecule has 24 heavy (non-hydrogen) atoms. The van der Waals surface area contributed by atoms with Gasteiger partial charge >= 0.3 is 145 Å². The number of hydrogen-bond acceptors (Lipinski definition) is 7. The van der Waals surface area contributed by atoms with Crippen molar-refractivity contribution in [3.63, 3.8) is 0 Å². The molecule has 132 valence electrons. The molecule has 0 aromatic heterocycles. The minimum absolute atomic E-state index is 0.453. The fraction of sp³-hybridized carbons (Fsp3) is 0.467. The molecule has 1 aromatic rings. The molecule has 0 aliphatic rings. The van der Waals surface area contributed by atoms with Crippen LogP contribution >= 0.6 is 0 Å². The summed E-state index contributed by atoms with van der Waals surface area (Å²) in [7, 11) is 2.18. The second kappa shape index (κ2) is 8.77. The van der Waals surface area contributed by atoms with Gasteiger partial charge in [0.15, 0.2) is 0 Å². The van der Waals surface area contributed by atoms with Crippen LogP contribution in [0.5, 0.6) is 0 Å². The van der Waals surface area contributed by atoms with Crippen LogP contribution in [0.3, 0.4) is 0 Å². The Morgan fingerprint density at radius 2 is 1.75 bits per heavy atom. The molecule has 0 bridgehead atoms. The summed E-state index contributed by atoms with van der Waals surface area (Å²) in [4.78, 5) is 34.4. The average Bonchev–Trinajstić information content (AvgIpc) is 2.58. The summed E-state index contributed by atoms with van der Waals surface area (Å²) in [5.41, 5.74) is 0. The molecular formula is C15H19NO7Se. The number of carbonyl (C=O) groups excluding carboxylic acids is 2. The number of nitro groups is 1. The first-order chi connectivity index (χ1) is 11.3. The number of rotatable bonds is 8. The number of carbonyl (C=O) groups is 2. The summed E-state index contributed by atoms with van der Waals surface area (Å²) >= 11 is -0.728. The molecule has 0 saturated carbocycles. The SMILES string of the molecule is COC(=O)C(CC(O)C(C)([Se]c1ccccc1)[N+](=O)[O-])C(=O)OC. The zero-order chi connectivity index (χ0) is 18.3. The van der Waals surface area contributed by atoms with Gasteiger partial charge in [-0.25, -0.2) is 0 Å². The van der Waals surface area contributed by atoms with E-state index in [1.54, 1.807) is 30.3 Å². The van der Waals surface area contributed by atoms with Crippen LogP contribution in [-0.4, -0.2) is 61.7 Å². The van der Waals surface area contributed by atoms with E-state index in [9.17, 15) is 24.8 Å². The Labute approximate surface area is 145 Å². The van der Waals surface area contributed by atoms with Crippen LogP contribution < -0.4 is 4.46 Å². The van der Waals surface area contributed by atoms with E-state index in [0.717, 1.165) is 18.7 Å². The van der Waals surface area contributed by atoms with Gasteiger partial charge in [-0.1, -0.05) is 0 Å². The topological polar surface area (TPSA) is 116 Å². The second-order valence-electron chi connectivity index (χ2n) is 5.08. The molecule has 8 nitrogen and oxygen atoms in total. The van der Waals surface area contributed by atoms with Crippen molar-refractivity contribution in [2.45, 2.75) is 23.9 Å². The van der Waals surface area contributed by atoms with Crippen LogP contribution in [0.1, 0.15) is 13.3 Å². The van der Waals surface area contributed by atoms with Crippen molar-refractivity contribution in [2.75, 3.05) is 14.2 Å². The van der Waals surface area contributed by atoms with Crippen LogP contribution in [0.15, 0.2) is 30.3 Å². The van der Waals surface area contributed by atoms with Crippen molar-refractivity contribution in [3.8, 4) is 0 Å². The van der Waals surface area contributed by atoms with E-state index in [0.29, 0.717) is 0 Å². The van der Waals surface area contributed by atoms with Gasteiger partial charge in [0, 0.05) is 0 Å². The predicted molar refractivity (Wildman–Crippen MR) is 85.4 cm³/mol. The first-order valence-corrected chi connectivity index (χ1v) is 8.69. The summed E-state index contributed by atoms with van der Waals surface area (Å²) < 4.78 is 8.03. The molecule has 0 saturated heterocycles. The Morgan fingerprint density at radius 1 is 1.25 bits per heavy atom. The molecule has 0 radical (unpaired) electrons. The monoisotopic (exact) mass is 405 g/mol. The molecule has 0 spiro atoms. The number of hydrogen-bond donors (Lipinski definition) is 1. The first kappa shape index (κ1) is 20.1. The molecule has 1 N–H and O–H groups in total. The fourth-order valence-corrected chi connectivity index (χ4v) is 4.23. The van der Waals surface area contributed by atoms with Gasteiger partial charge in [-0.3, -0.25) is 0 Å². The molecule has 0 aliphatic heterocycles. The van der Waals surface area contributed by atoms with Crippen molar-refractivity contribution < 1.29 is 29.1 Å². The molecule has 0 aliphatic carbocycles. The van der Waals surface area contributed by atoms with Crippen molar-refractivity contribution in [1.82, 2.24) is 0 Å². The molecule has 0 amide bonds. The average molecular weight is 404 g/mol. The van der Waals surface area contributed by atoms with Gasteiger partial charge in [0.1, 0.15) is 0 Å². The fourth-order valence-electron chi connectivity index (χ4n) is 1.97. The number of methoxy groups -OCH3 is 2. The molecular weight excluding hydrogens is 385 g/mol. The van der Waals surface area contributed by atoms with E-state index >= 15 is 0 Å². The van der Waals surface area contributed by atoms with Gasteiger partial charge in [0.25, 0.3) is 0 Å². The summed E-state index contributed by atoms with van der Waals surface area (Å²) in [6, 6.07) is 8.73. The van der Waals surface area contributed by atoms with Gasteiger partial charge in [0.05, 0.1) is 0 Å². The summed E-state index contributed by atoms with van der Waals surface area (Å²) in [6.07, 6.45) is -1.98. The van der Waals surface area contributed by atoms with E-state index in [4.69, 9.17) is 0 Å². The molecule has 1 rings (SSSR count). The van der Waals surface area contributed by atoms with E-state index < -0.39 is 54.7 Å². The molecule has 1 aromatic carbocycles. The Morgan fingerprint density at radius 3 is 2.17 bits per heavy atom. The van der Waals surface area contributed by atoms with Crippen LogP contribution in [0.25, 0.3) is 0 Å². The Bertz CT molecular complexity index is 579. The van der Waals surface area contributed by atoms with E-state index in [1.165, 1.54) is 6.92 Å². The second-order valence-corrected chi connectivity index (χ2v) is 8.23. The number of benzene rings is 1. The number of esters is 2. The van der Waals surface area contributed by atoms with Gasteiger partial charge in [-0.05, 0) is 0 Å². The standard InChI is InChI=1S/C15H19NO7Se/c1-15(16(20)21,24-10-7-5-4-6-8-10)12(17)9-11(13(18)22-2)14(19)23-3/h4-8,11-12,17H,9H2,1-3H3. The molecule has 0 heterocycles. The van der Waals surface area contributed by atoms with E-state index in [2.05, 4.69) is 9.47 Å². The van der Waals surface area contributed by atoms with Crippen molar-refractivity contribution in [3.05, 3.63) is 40.4 Å². The molecule has 2 atom stereocenters. The van der Waals surface area contributed by atoms with Gasteiger partial charge in [-0.2, -0.15) is 0 Å². The van der Waals surface area contributed by atoms with Crippen LogP contribution in [0, 0.1) is 16.0 Å². The first-order valence-electron chi connectivity index (χ1n) is 6.98. The van der Waals surface area contributed by atoms with Crippen molar-refractivity contribution in [2.24, 2.45) is 5.92 Å².